The minimum absolute atomic E-state index is 0.00329. The Morgan fingerprint density at radius 3 is 2.65 bits per heavy atom. The molecule has 31 heavy (non-hydrogen) atoms. The second-order valence-electron chi connectivity index (χ2n) is 6.85. The average Bonchev–Trinajstić information content (AvgIpc) is 3.43. The predicted molar refractivity (Wildman–Crippen MR) is 112 cm³/mol. The summed E-state index contributed by atoms with van der Waals surface area (Å²) in [6, 6.07) is 5.55. The SMILES string of the molecule is C=Cc1cc(C2NC(=O)NC2=O)oc1/C(F)=C\C.COc1ccc2c(c1)C(=O)N(C)C2. The van der Waals surface area contributed by atoms with Gasteiger partial charge in [0.15, 0.2) is 17.6 Å². The van der Waals surface area contributed by atoms with E-state index >= 15 is 0 Å². The Balaban J connectivity index is 0.000000185. The molecule has 4 amide bonds. The lowest BCUT2D eigenvalue weighted by atomic mass is 10.1. The number of rotatable bonds is 4. The van der Waals surface area contributed by atoms with Gasteiger partial charge in [-0.05, 0) is 36.8 Å². The van der Waals surface area contributed by atoms with E-state index in [-0.39, 0.29) is 17.4 Å². The Morgan fingerprint density at radius 1 is 1.32 bits per heavy atom. The fourth-order valence-electron chi connectivity index (χ4n) is 3.21. The van der Waals surface area contributed by atoms with Gasteiger partial charge in [-0.25, -0.2) is 9.18 Å². The molecule has 9 heteroatoms. The van der Waals surface area contributed by atoms with Crippen LogP contribution in [0.2, 0.25) is 0 Å². The van der Waals surface area contributed by atoms with Crippen molar-refractivity contribution in [3.05, 3.63) is 65.1 Å². The van der Waals surface area contributed by atoms with Gasteiger partial charge in [0.2, 0.25) is 0 Å². The number of imide groups is 1. The second kappa shape index (κ2) is 8.86. The van der Waals surface area contributed by atoms with Gasteiger partial charge in [0.05, 0.1) is 7.11 Å². The van der Waals surface area contributed by atoms with Crippen LogP contribution in [0.3, 0.4) is 0 Å². The lowest BCUT2D eigenvalue weighted by molar-refractivity contribution is -0.120. The van der Waals surface area contributed by atoms with Gasteiger partial charge in [-0.2, -0.15) is 0 Å². The minimum Gasteiger partial charge on any atom is -0.497 e. The Hall–Kier alpha value is -3.88. The highest BCUT2D eigenvalue weighted by atomic mass is 19.1. The van der Waals surface area contributed by atoms with E-state index in [0.717, 1.165) is 16.9 Å². The van der Waals surface area contributed by atoms with Crippen molar-refractivity contribution in [2.75, 3.05) is 14.2 Å². The molecule has 0 radical (unpaired) electrons. The molecule has 0 bridgehead atoms. The molecule has 1 fully saturated rings. The molecule has 8 nitrogen and oxygen atoms in total. The number of allylic oxidation sites excluding steroid dienone is 1. The molecule has 1 aromatic heterocycles. The molecule has 1 unspecified atom stereocenters. The van der Waals surface area contributed by atoms with Crippen LogP contribution in [0.1, 0.15) is 46.0 Å². The number of carbonyl (C=O) groups is 3. The van der Waals surface area contributed by atoms with Gasteiger partial charge in [0, 0.05) is 24.7 Å². The van der Waals surface area contributed by atoms with E-state index in [0.29, 0.717) is 12.1 Å². The zero-order valence-corrected chi connectivity index (χ0v) is 17.3. The first kappa shape index (κ1) is 21.8. The van der Waals surface area contributed by atoms with Crippen LogP contribution in [-0.4, -0.2) is 36.9 Å². The summed E-state index contributed by atoms with van der Waals surface area (Å²) >= 11 is 0. The third kappa shape index (κ3) is 4.35. The molecule has 0 saturated carbocycles. The summed E-state index contributed by atoms with van der Waals surface area (Å²) in [6.45, 7) is 5.77. The number of urea groups is 1. The highest BCUT2D eigenvalue weighted by molar-refractivity contribution is 6.04. The van der Waals surface area contributed by atoms with Crippen molar-refractivity contribution in [3.8, 4) is 5.75 Å². The molecule has 0 spiro atoms. The van der Waals surface area contributed by atoms with Crippen molar-refractivity contribution in [1.82, 2.24) is 15.5 Å². The molecule has 2 aliphatic heterocycles. The number of carbonyl (C=O) groups excluding carboxylic acids is 3. The molecule has 1 saturated heterocycles. The molecule has 1 aromatic carbocycles. The lowest BCUT2D eigenvalue weighted by Crippen LogP contribution is -2.22. The fourth-order valence-corrected chi connectivity index (χ4v) is 3.21. The summed E-state index contributed by atoms with van der Waals surface area (Å²) < 4.78 is 23.8. The Bertz CT molecular complexity index is 1090. The lowest BCUT2D eigenvalue weighted by Gasteiger charge is -2.04. The first-order valence-corrected chi connectivity index (χ1v) is 9.41. The first-order chi connectivity index (χ1) is 14.8. The molecule has 4 rings (SSSR count). The van der Waals surface area contributed by atoms with Crippen molar-refractivity contribution >= 4 is 29.7 Å². The highest BCUT2D eigenvalue weighted by Crippen LogP contribution is 2.29. The number of hydrogen-bond acceptors (Lipinski definition) is 5. The maximum atomic E-state index is 13.5. The maximum absolute atomic E-state index is 13.5. The van der Waals surface area contributed by atoms with Crippen molar-refractivity contribution in [2.24, 2.45) is 0 Å². The van der Waals surface area contributed by atoms with Crippen LogP contribution in [0, 0.1) is 0 Å². The molecular weight excluding hydrogens is 405 g/mol. The summed E-state index contributed by atoms with van der Waals surface area (Å²) in [5, 5.41) is 4.44. The molecule has 1 atom stereocenters. The van der Waals surface area contributed by atoms with Crippen molar-refractivity contribution < 1.29 is 27.9 Å². The van der Waals surface area contributed by atoms with Gasteiger partial charge >= 0.3 is 6.03 Å². The van der Waals surface area contributed by atoms with Crippen LogP contribution in [0.25, 0.3) is 11.9 Å². The summed E-state index contributed by atoms with van der Waals surface area (Å²) in [6.07, 6.45) is 2.66. The Kier molecular flexibility index (Phi) is 6.24. The maximum Gasteiger partial charge on any atom is 0.322 e. The zero-order chi connectivity index (χ0) is 22.7. The van der Waals surface area contributed by atoms with Crippen LogP contribution >= 0.6 is 0 Å². The normalized spacial score (nSPS) is 17.5. The molecule has 2 N–H and O–H groups in total. The summed E-state index contributed by atoms with van der Waals surface area (Å²) in [7, 11) is 3.40. The number of furan rings is 1. The van der Waals surface area contributed by atoms with E-state index in [1.165, 1.54) is 25.1 Å². The third-order valence-electron chi connectivity index (χ3n) is 4.83. The van der Waals surface area contributed by atoms with Gasteiger partial charge in [-0.3, -0.25) is 14.9 Å². The topological polar surface area (TPSA) is 101 Å². The third-order valence-corrected chi connectivity index (χ3v) is 4.83. The number of fused-ring (bicyclic) bond motifs is 1. The van der Waals surface area contributed by atoms with Gasteiger partial charge in [-0.15, -0.1) is 0 Å². The molecule has 2 aromatic rings. The Morgan fingerprint density at radius 2 is 2.06 bits per heavy atom. The van der Waals surface area contributed by atoms with Gasteiger partial charge in [-0.1, -0.05) is 18.7 Å². The monoisotopic (exact) mass is 427 g/mol. The van der Waals surface area contributed by atoms with Crippen LogP contribution in [0.4, 0.5) is 9.18 Å². The Labute approximate surface area is 178 Å². The van der Waals surface area contributed by atoms with E-state index in [2.05, 4.69) is 17.2 Å². The standard InChI is InChI=1S/C12H11FN2O3.C10H11NO2/c1-3-6-5-8(18-10(6)7(13)4-2)9-11(16)15-12(17)14-9;1-11-6-7-3-4-8(13-2)5-9(7)10(11)12/h3-5,9H,1H2,2H3,(H2,14,15,16,17);3-5H,6H2,1-2H3/b7-4+;. The molecule has 3 heterocycles. The fraction of sp³-hybridized carbons (Fsp3) is 0.227. The van der Waals surface area contributed by atoms with Crippen LogP contribution in [-0.2, 0) is 11.3 Å². The van der Waals surface area contributed by atoms with Crippen molar-refractivity contribution in [2.45, 2.75) is 19.5 Å². The summed E-state index contributed by atoms with van der Waals surface area (Å²) in [4.78, 5) is 35.7. The minimum atomic E-state index is -0.936. The van der Waals surface area contributed by atoms with E-state index in [4.69, 9.17) is 9.15 Å². The van der Waals surface area contributed by atoms with E-state index in [9.17, 15) is 18.8 Å². The quantitative estimate of drug-likeness (QED) is 0.729. The smallest absolute Gasteiger partial charge is 0.322 e. The molecule has 2 aliphatic rings. The molecule has 162 valence electrons. The van der Waals surface area contributed by atoms with Gasteiger partial charge in [0.1, 0.15) is 11.5 Å². The van der Waals surface area contributed by atoms with E-state index in [1.807, 2.05) is 12.1 Å². The molecule has 0 aliphatic carbocycles. The number of hydrogen-bond donors (Lipinski definition) is 2. The van der Waals surface area contributed by atoms with Crippen LogP contribution < -0.4 is 15.4 Å². The largest absolute Gasteiger partial charge is 0.497 e. The van der Waals surface area contributed by atoms with Crippen LogP contribution in [0.15, 0.2) is 41.3 Å². The summed E-state index contributed by atoms with van der Waals surface area (Å²) in [5.41, 5.74) is 2.27. The van der Waals surface area contributed by atoms with Gasteiger partial charge in [0.25, 0.3) is 11.8 Å². The van der Waals surface area contributed by atoms with Crippen molar-refractivity contribution in [1.29, 1.82) is 0 Å². The van der Waals surface area contributed by atoms with Gasteiger partial charge < -0.3 is 19.4 Å². The first-order valence-electron chi connectivity index (χ1n) is 9.41. The number of halogens is 1. The van der Waals surface area contributed by atoms with Crippen molar-refractivity contribution in [3.63, 3.8) is 0 Å². The summed E-state index contributed by atoms with van der Waals surface area (Å²) in [5.74, 6) is -0.106. The number of ether oxygens (including phenoxy) is 1. The van der Waals surface area contributed by atoms with E-state index in [1.54, 1.807) is 25.1 Å². The number of nitrogens with zero attached hydrogens (tertiary/aromatic N) is 1. The highest BCUT2D eigenvalue weighted by Gasteiger charge is 2.34. The second-order valence-corrected chi connectivity index (χ2v) is 6.85. The van der Waals surface area contributed by atoms with Crippen LogP contribution in [0.5, 0.6) is 5.75 Å². The number of benzene rings is 1. The molecular formula is C22H22FN3O5. The predicted octanol–water partition coefficient (Wildman–Crippen LogP) is 3.41. The van der Waals surface area contributed by atoms with E-state index < -0.39 is 23.8 Å². The average molecular weight is 427 g/mol. The number of amides is 4. The number of nitrogens with one attached hydrogen (secondary N) is 2. The zero-order valence-electron chi connectivity index (χ0n) is 17.3. The number of methoxy groups -OCH3 is 1.